The van der Waals surface area contributed by atoms with E-state index >= 15 is 0 Å². The largest absolute Gasteiger partial charge is 0.394 e. The Balaban J connectivity index is 2.38. The summed E-state index contributed by atoms with van der Waals surface area (Å²) in [4.78, 5) is 12.3. The maximum Gasteiger partial charge on any atom is 0.394 e. The Labute approximate surface area is 102 Å². The molecule has 2 unspecified atom stereocenters. The van der Waals surface area contributed by atoms with Crippen LogP contribution in [0, 0.1) is 5.92 Å². The van der Waals surface area contributed by atoms with Crippen molar-refractivity contribution < 1.29 is 18.0 Å². The molecule has 3 nitrogen and oxygen atoms in total. The zero-order chi connectivity index (χ0) is 13.3. The van der Waals surface area contributed by atoms with Crippen LogP contribution in [0.25, 0.3) is 0 Å². The standard InChI is InChI=1S/C12H13F3N2O/c13-12(14,15)9-6-7-17(11(16)18)10(9)8-4-2-1-3-5-8/h1-5,9-10H,6-7H2,(H2,16,18). The van der Waals surface area contributed by atoms with Crippen LogP contribution in [0.15, 0.2) is 30.3 Å². The summed E-state index contributed by atoms with van der Waals surface area (Å²) in [6, 6.07) is 6.38. The maximum absolute atomic E-state index is 13.0. The smallest absolute Gasteiger partial charge is 0.351 e. The van der Waals surface area contributed by atoms with Gasteiger partial charge in [-0.05, 0) is 12.0 Å². The molecule has 0 radical (unpaired) electrons. The van der Waals surface area contributed by atoms with Crippen LogP contribution in [-0.4, -0.2) is 23.7 Å². The van der Waals surface area contributed by atoms with Crippen LogP contribution in [0.2, 0.25) is 0 Å². The van der Waals surface area contributed by atoms with Gasteiger partial charge in [0.15, 0.2) is 0 Å². The molecule has 2 rings (SSSR count). The van der Waals surface area contributed by atoms with E-state index in [4.69, 9.17) is 5.73 Å². The van der Waals surface area contributed by atoms with Gasteiger partial charge in [-0.2, -0.15) is 13.2 Å². The molecule has 1 aromatic rings. The van der Waals surface area contributed by atoms with Crippen molar-refractivity contribution in [1.29, 1.82) is 0 Å². The van der Waals surface area contributed by atoms with Gasteiger partial charge in [-0.1, -0.05) is 30.3 Å². The monoisotopic (exact) mass is 258 g/mol. The fourth-order valence-corrected chi connectivity index (χ4v) is 2.44. The van der Waals surface area contributed by atoms with Crippen LogP contribution >= 0.6 is 0 Å². The summed E-state index contributed by atoms with van der Waals surface area (Å²) in [5.74, 6) is -1.55. The molecule has 18 heavy (non-hydrogen) atoms. The van der Waals surface area contributed by atoms with E-state index in [0.717, 1.165) is 4.90 Å². The minimum Gasteiger partial charge on any atom is -0.351 e. The predicted octanol–water partition coefficient (Wildman–Crippen LogP) is 2.69. The fourth-order valence-electron chi connectivity index (χ4n) is 2.44. The Hall–Kier alpha value is -1.72. The van der Waals surface area contributed by atoms with Crippen LogP contribution in [0.1, 0.15) is 18.0 Å². The average Bonchev–Trinajstić information content (AvgIpc) is 2.74. The van der Waals surface area contributed by atoms with Gasteiger partial charge in [-0.15, -0.1) is 0 Å². The van der Waals surface area contributed by atoms with Crippen LogP contribution in [0.5, 0.6) is 0 Å². The number of hydrogen-bond acceptors (Lipinski definition) is 1. The molecule has 2 N–H and O–H groups in total. The summed E-state index contributed by atoms with van der Waals surface area (Å²) in [6.07, 6.45) is -4.43. The highest BCUT2D eigenvalue weighted by Crippen LogP contribution is 2.45. The summed E-state index contributed by atoms with van der Waals surface area (Å²) in [5.41, 5.74) is 5.62. The number of amides is 2. The number of hydrogen-bond donors (Lipinski definition) is 1. The minimum absolute atomic E-state index is 0.0407. The Morgan fingerprint density at radius 1 is 1.28 bits per heavy atom. The van der Waals surface area contributed by atoms with Crippen LogP contribution in [-0.2, 0) is 0 Å². The third kappa shape index (κ3) is 2.27. The van der Waals surface area contributed by atoms with E-state index in [-0.39, 0.29) is 13.0 Å². The Morgan fingerprint density at radius 3 is 2.39 bits per heavy atom. The van der Waals surface area contributed by atoms with Gasteiger partial charge in [0.1, 0.15) is 0 Å². The number of alkyl halides is 3. The third-order valence-electron chi connectivity index (χ3n) is 3.24. The zero-order valence-electron chi connectivity index (χ0n) is 9.52. The number of carbonyl (C=O) groups excluding carboxylic acids is 1. The van der Waals surface area contributed by atoms with E-state index < -0.39 is 24.2 Å². The van der Waals surface area contributed by atoms with Crippen molar-refractivity contribution in [2.75, 3.05) is 6.54 Å². The zero-order valence-corrected chi connectivity index (χ0v) is 9.52. The first-order chi connectivity index (χ1) is 8.41. The first-order valence-electron chi connectivity index (χ1n) is 5.59. The molecule has 6 heteroatoms. The van der Waals surface area contributed by atoms with E-state index in [1.165, 1.54) is 0 Å². The Bertz CT molecular complexity index is 433. The number of nitrogens with two attached hydrogens (primary N) is 1. The van der Waals surface area contributed by atoms with Crippen molar-refractivity contribution in [3.8, 4) is 0 Å². The lowest BCUT2D eigenvalue weighted by molar-refractivity contribution is -0.179. The normalized spacial score (nSPS) is 24.3. The number of carbonyl (C=O) groups is 1. The molecule has 98 valence electrons. The number of nitrogens with zero attached hydrogens (tertiary/aromatic N) is 1. The number of benzene rings is 1. The quantitative estimate of drug-likeness (QED) is 0.827. The second kappa shape index (κ2) is 4.51. The number of halogens is 3. The maximum atomic E-state index is 13.0. The Morgan fingerprint density at radius 2 is 1.89 bits per heavy atom. The van der Waals surface area contributed by atoms with E-state index in [1.807, 2.05) is 0 Å². The molecular formula is C12H13F3N2O. The van der Waals surface area contributed by atoms with Gasteiger partial charge in [-0.3, -0.25) is 0 Å². The first-order valence-corrected chi connectivity index (χ1v) is 5.59. The molecule has 0 bridgehead atoms. The van der Waals surface area contributed by atoms with E-state index in [2.05, 4.69) is 0 Å². The lowest BCUT2D eigenvalue weighted by atomic mass is 9.93. The third-order valence-corrected chi connectivity index (χ3v) is 3.24. The SMILES string of the molecule is NC(=O)N1CCC(C(F)(F)F)C1c1ccccc1. The molecule has 1 saturated heterocycles. The molecular weight excluding hydrogens is 245 g/mol. The van der Waals surface area contributed by atoms with Crippen molar-refractivity contribution in [3.63, 3.8) is 0 Å². The van der Waals surface area contributed by atoms with Gasteiger partial charge < -0.3 is 10.6 Å². The van der Waals surface area contributed by atoms with Gasteiger partial charge in [0.2, 0.25) is 0 Å². The van der Waals surface area contributed by atoms with Crippen molar-refractivity contribution in [1.82, 2.24) is 4.90 Å². The van der Waals surface area contributed by atoms with E-state index in [9.17, 15) is 18.0 Å². The number of likely N-dealkylation sites (tertiary alicyclic amines) is 1. The second-order valence-corrected chi connectivity index (χ2v) is 4.32. The second-order valence-electron chi connectivity index (χ2n) is 4.32. The van der Waals surface area contributed by atoms with Crippen LogP contribution < -0.4 is 5.73 Å². The summed E-state index contributed by atoms with van der Waals surface area (Å²) in [7, 11) is 0. The van der Waals surface area contributed by atoms with Crippen molar-refractivity contribution in [3.05, 3.63) is 35.9 Å². The van der Waals surface area contributed by atoms with Crippen molar-refractivity contribution >= 4 is 6.03 Å². The summed E-state index contributed by atoms with van der Waals surface area (Å²) >= 11 is 0. The molecule has 1 aromatic carbocycles. The minimum atomic E-state index is -4.33. The highest BCUT2D eigenvalue weighted by atomic mass is 19.4. The predicted molar refractivity (Wildman–Crippen MR) is 59.6 cm³/mol. The van der Waals surface area contributed by atoms with Crippen molar-refractivity contribution in [2.24, 2.45) is 11.7 Å². The molecule has 1 aliphatic rings. The number of urea groups is 1. The highest BCUT2D eigenvalue weighted by Gasteiger charge is 2.51. The topological polar surface area (TPSA) is 46.3 Å². The summed E-state index contributed by atoms with van der Waals surface area (Å²) in [6.45, 7) is 0.0407. The lowest BCUT2D eigenvalue weighted by Crippen LogP contribution is -2.38. The average molecular weight is 258 g/mol. The van der Waals surface area contributed by atoms with Crippen molar-refractivity contribution in [2.45, 2.75) is 18.6 Å². The molecule has 0 aromatic heterocycles. The molecule has 0 spiro atoms. The number of rotatable bonds is 1. The van der Waals surface area contributed by atoms with Crippen LogP contribution in [0.4, 0.5) is 18.0 Å². The van der Waals surface area contributed by atoms with Gasteiger partial charge in [0.25, 0.3) is 0 Å². The number of primary amides is 1. The van der Waals surface area contributed by atoms with Gasteiger partial charge in [-0.25, -0.2) is 4.79 Å². The van der Waals surface area contributed by atoms with E-state index in [0.29, 0.717) is 5.56 Å². The van der Waals surface area contributed by atoms with E-state index in [1.54, 1.807) is 30.3 Å². The van der Waals surface area contributed by atoms with Gasteiger partial charge >= 0.3 is 12.2 Å². The lowest BCUT2D eigenvalue weighted by Gasteiger charge is -2.28. The first kappa shape index (κ1) is 12.7. The molecule has 2 amide bonds. The van der Waals surface area contributed by atoms with Gasteiger partial charge in [0.05, 0.1) is 12.0 Å². The molecule has 0 saturated carbocycles. The molecule has 0 aliphatic carbocycles. The summed E-state index contributed by atoms with van der Waals surface area (Å²) < 4.78 is 38.9. The molecule has 1 heterocycles. The van der Waals surface area contributed by atoms with Gasteiger partial charge in [0, 0.05) is 6.54 Å². The molecule has 1 fully saturated rings. The highest BCUT2D eigenvalue weighted by molar-refractivity contribution is 5.73. The molecule has 2 atom stereocenters. The Kier molecular flexibility index (Phi) is 3.19. The summed E-state index contributed by atoms with van der Waals surface area (Å²) in [5, 5.41) is 0. The molecule has 1 aliphatic heterocycles. The fraction of sp³-hybridized carbons (Fsp3) is 0.417. The van der Waals surface area contributed by atoms with Crippen LogP contribution in [0.3, 0.4) is 0 Å².